The summed E-state index contributed by atoms with van der Waals surface area (Å²) in [5, 5.41) is 16.4. The summed E-state index contributed by atoms with van der Waals surface area (Å²) in [6.07, 6.45) is -1.00. The molecule has 1 saturated heterocycles. The number of hydrogen-bond donors (Lipinski definition) is 2. The fraction of sp³-hybridized carbons (Fsp3) is 0.194. The van der Waals surface area contributed by atoms with Crippen LogP contribution in [0, 0.1) is 6.92 Å². The van der Waals surface area contributed by atoms with Gasteiger partial charge in [0.05, 0.1) is 24.6 Å². The van der Waals surface area contributed by atoms with E-state index in [9.17, 15) is 4.79 Å². The third-order valence-corrected chi connectivity index (χ3v) is 8.31. The van der Waals surface area contributed by atoms with Gasteiger partial charge in [0.1, 0.15) is 10.0 Å². The molecule has 2 aliphatic heterocycles. The molecule has 210 valence electrons. The number of ether oxygens (including phenoxy) is 1. The fourth-order valence-corrected chi connectivity index (χ4v) is 6.24. The smallest absolute Gasteiger partial charge is 0.317 e. The molecule has 2 aromatic heterocycles. The molecule has 0 radical (unpaired) electrons. The standard InChI is InChI=1S/C31H27N7O3S/c1-19-9-5-6-12-21(19)29-34-25(30(42-29)38-15-17-40-18-16-38)28-36-37-31(41-28)35-26-27(39)32-23-14-8-7-13-22(23)24(33-26)20-10-3-2-4-11-20/h2-14,26H,15-18H2,1H3,(H,32,39)(H,35,37)/t26-/m1/s1. The van der Waals surface area contributed by atoms with Crippen molar-refractivity contribution in [3.05, 3.63) is 95.6 Å². The Balaban J connectivity index is 1.23. The van der Waals surface area contributed by atoms with Gasteiger partial charge in [-0.05, 0) is 18.6 Å². The maximum atomic E-state index is 13.3. The van der Waals surface area contributed by atoms with Gasteiger partial charge >= 0.3 is 6.01 Å². The molecule has 1 amide bonds. The summed E-state index contributed by atoms with van der Waals surface area (Å²) < 4.78 is 11.7. The Morgan fingerprint density at radius 3 is 2.48 bits per heavy atom. The molecule has 42 heavy (non-hydrogen) atoms. The number of fused-ring (bicyclic) bond motifs is 1. The molecule has 10 nitrogen and oxygen atoms in total. The minimum Gasteiger partial charge on any atom is -0.402 e. The summed E-state index contributed by atoms with van der Waals surface area (Å²) in [4.78, 5) is 25.3. The topological polar surface area (TPSA) is 118 Å². The average molecular weight is 578 g/mol. The van der Waals surface area contributed by atoms with Crippen molar-refractivity contribution in [2.45, 2.75) is 13.1 Å². The van der Waals surface area contributed by atoms with Crippen LogP contribution < -0.4 is 15.5 Å². The summed E-state index contributed by atoms with van der Waals surface area (Å²) in [5.41, 5.74) is 5.87. The van der Waals surface area contributed by atoms with Gasteiger partial charge in [0.15, 0.2) is 5.69 Å². The Kier molecular flexibility index (Phi) is 6.94. The molecule has 3 aromatic carbocycles. The second kappa shape index (κ2) is 11.2. The lowest BCUT2D eigenvalue weighted by molar-refractivity contribution is -0.116. The van der Waals surface area contributed by atoms with Gasteiger partial charge in [-0.25, -0.2) is 9.98 Å². The van der Waals surface area contributed by atoms with Crippen LogP contribution in [0.5, 0.6) is 0 Å². The van der Waals surface area contributed by atoms with Gasteiger partial charge in [-0.3, -0.25) is 4.79 Å². The Morgan fingerprint density at radius 1 is 0.929 bits per heavy atom. The van der Waals surface area contributed by atoms with Gasteiger partial charge in [-0.2, -0.15) is 0 Å². The highest BCUT2D eigenvalue weighted by Crippen LogP contribution is 2.41. The lowest BCUT2D eigenvalue weighted by Crippen LogP contribution is -2.35. The van der Waals surface area contributed by atoms with Gasteiger partial charge in [-0.15, -0.1) is 5.10 Å². The molecule has 2 N–H and O–H groups in total. The number of rotatable bonds is 6. The van der Waals surface area contributed by atoms with Crippen LogP contribution in [0.25, 0.3) is 22.2 Å². The Hall–Kier alpha value is -4.87. The van der Waals surface area contributed by atoms with Crippen LogP contribution in [0.2, 0.25) is 0 Å². The molecule has 5 aromatic rings. The van der Waals surface area contributed by atoms with Crippen molar-refractivity contribution in [3.63, 3.8) is 0 Å². The number of thiazole rings is 1. The number of para-hydroxylation sites is 1. The van der Waals surface area contributed by atoms with Crippen LogP contribution in [0.3, 0.4) is 0 Å². The number of benzene rings is 3. The number of aryl methyl sites for hydroxylation is 1. The lowest BCUT2D eigenvalue weighted by atomic mass is 10.0. The summed E-state index contributed by atoms with van der Waals surface area (Å²) in [5.74, 6) is -0.0720. The minimum absolute atomic E-state index is 0.0747. The quantitative estimate of drug-likeness (QED) is 0.282. The molecule has 1 atom stereocenters. The zero-order chi connectivity index (χ0) is 28.5. The average Bonchev–Trinajstić information content (AvgIpc) is 3.65. The van der Waals surface area contributed by atoms with Gasteiger partial charge in [0.25, 0.3) is 11.8 Å². The Labute approximate surface area is 246 Å². The number of morpholine rings is 1. The molecule has 0 saturated carbocycles. The first kappa shape index (κ1) is 26.1. The van der Waals surface area contributed by atoms with Crippen LogP contribution in [0.15, 0.2) is 88.3 Å². The molecule has 1 fully saturated rings. The van der Waals surface area contributed by atoms with Crippen LogP contribution in [-0.4, -0.2) is 59.3 Å². The van der Waals surface area contributed by atoms with Gasteiger partial charge in [0, 0.05) is 29.8 Å². The number of hydrogen-bond acceptors (Lipinski definition) is 10. The summed E-state index contributed by atoms with van der Waals surface area (Å²) in [6, 6.07) is 25.6. The van der Waals surface area contributed by atoms with E-state index >= 15 is 0 Å². The first-order valence-electron chi connectivity index (χ1n) is 13.7. The van der Waals surface area contributed by atoms with Crippen LogP contribution >= 0.6 is 11.3 Å². The zero-order valence-corrected chi connectivity index (χ0v) is 23.6. The van der Waals surface area contributed by atoms with Gasteiger partial charge in [-0.1, -0.05) is 89.2 Å². The molecule has 0 unspecified atom stereocenters. The number of aromatic nitrogens is 3. The Bertz CT molecular complexity index is 1780. The van der Waals surface area contributed by atoms with Crippen molar-refractivity contribution in [1.82, 2.24) is 15.2 Å². The highest BCUT2D eigenvalue weighted by atomic mass is 32.1. The van der Waals surface area contributed by atoms with Gasteiger partial charge < -0.3 is 24.7 Å². The van der Waals surface area contributed by atoms with E-state index in [0.29, 0.717) is 30.3 Å². The molecular formula is C31H27N7O3S. The monoisotopic (exact) mass is 577 g/mol. The maximum Gasteiger partial charge on any atom is 0.317 e. The van der Waals surface area contributed by atoms with E-state index < -0.39 is 6.17 Å². The van der Waals surface area contributed by atoms with Crippen LogP contribution in [0.1, 0.15) is 16.7 Å². The summed E-state index contributed by atoms with van der Waals surface area (Å²) >= 11 is 1.59. The first-order chi connectivity index (χ1) is 20.6. The first-order valence-corrected chi connectivity index (χ1v) is 14.5. The second-order valence-corrected chi connectivity index (χ2v) is 10.9. The summed E-state index contributed by atoms with van der Waals surface area (Å²) in [6.45, 7) is 4.81. The Morgan fingerprint density at radius 2 is 1.67 bits per heavy atom. The minimum atomic E-state index is -1.00. The second-order valence-electron chi connectivity index (χ2n) is 9.92. The van der Waals surface area contributed by atoms with Crippen LogP contribution in [-0.2, 0) is 9.53 Å². The zero-order valence-electron chi connectivity index (χ0n) is 22.8. The summed E-state index contributed by atoms with van der Waals surface area (Å²) in [7, 11) is 0. The lowest BCUT2D eigenvalue weighted by Gasteiger charge is -2.27. The number of nitrogens with one attached hydrogen (secondary N) is 2. The van der Waals surface area contributed by atoms with Crippen molar-refractivity contribution in [2.75, 3.05) is 41.8 Å². The molecule has 0 bridgehead atoms. The van der Waals surface area contributed by atoms with E-state index in [1.54, 1.807) is 11.3 Å². The number of anilines is 3. The SMILES string of the molecule is Cc1ccccc1-c1nc(-c2nnc(N[C@H]3N=C(c4ccccc4)c4ccccc4NC3=O)o2)c(N2CCOCC2)s1. The molecule has 0 aliphatic carbocycles. The number of nitrogens with zero attached hydrogens (tertiary/aromatic N) is 5. The van der Waals surface area contributed by atoms with Gasteiger partial charge in [0.2, 0.25) is 6.17 Å². The maximum absolute atomic E-state index is 13.3. The third kappa shape index (κ3) is 5.04. The van der Waals surface area contributed by atoms with Crippen molar-refractivity contribution in [1.29, 1.82) is 0 Å². The fourth-order valence-electron chi connectivity index (χ4n) is 5.04. The van der Waals surface area contributed by atoms with Crippen molar-refractivity contribution in [2.24, 2.45) is 4.99 Å². The van der Waals surface area contributed by atoms with E-state index in [4.69, 9.17) is 19.1 Å². The molecule has 7 rings (SSSR count). The highest BCUT2D eigenvalue weighted by Gasteiger charge is 2.29. The van der Waals surface area contributed by atoms with Crippen molar-refractivity contribution >= 4 is 39.7 Å². The van der Waals surface area contributed by atoms with E-state index in [2.05, 4.69) is 44.8 Å². The van der Waals surface area contributed by atoms with E-state index in [0.717, 1.165) is 45.4 Å². The molecule has 2 aliphatic rings. The largest absolute Gasteiger partial charge is 0.402 e. The van der Waals surface area contributed by atoms with E-state index in [1.807, 2.05) is 66.7 Å². The third-order valence-electron chi connectivity index (χ3n) is 7.16. The number of amides is 1. The van der Waals surface area contributed by atoms with Crippen molar-refractivity contribution < 1.29 is 13.9 Å². The van der Waals surface area contributed by atoms with Crippen molar-refractivity contribution in [3.8, 4) is 22.2 Å². The van der Waals surface area contributed by atoms with E-state index in [1.165, 1.54) is 0 Å². The molecular weight excluding hydrogens is 550 g/mol. The highest BCUT2D eigenvalue weighted by molar-refractivity contribution is 7.19. The number of aliphatic imine (C=N–C) groups is 1. The number of carbonyl (C=O) groups excluding carboxylic acids is 1. The normalized spacial score (nSPS) is 16.8. The molecule has 0 spiro atoms. The molecule has 4 heterocycles. The van der Waals surface area contributed by atoms with Crippen LogP contribution in [0.4, 0.5) is 16.7 Å². The number of carbonyl (C=O) groups is 1. The number of benzodiazepines with no additional fused rings is 1. The van der Waals surface area contributed by atoms with E-state index in [-0.39, 0.29) is 17.8 Å². The predicted molar refractivity (Wildman–Crippen MR) is 163 cm³/mol. The predicted octanol–water partition coefficient (Wildman–Crippen LogP) is 5.23. The molecule has 11 heteroatoms.